The van der Waals surface area contributed by atoms with E-state index in [0.29, 0.717) is 55.2 Å². The molecule has 0 spiro atoms. The molecule has 1 fully saturated rings. The van der Waals surface area contributed by atoms with Gasteiger partial charge in [0, 0.05) is 25.1 Å². The third-order valence-corrected chi connectivity index (χ3v) is 6.94. The largest absolute Gasteiger partial charge is 0.464 e. The Hall–Kier alpha value is -4.57. The number of nitrogens with zero attached hydrogens (tertiary/aromatic N) is 2. The normalized spacial score (nSPS) is 15.9. The van der Waals surface area contributed by atoms with Crippen LogP contribution in [-0.2, 0) is 27.4 Å². The van der Waals surface area contributed by atoms with Crippen molar-refractivity contribution in [3.8, 4) is 11.5 Å². The highest BCUT2D eigenvalue weighted by Crippen LogP contribution is 2.35. The highest BCUT2D eigenvalue weighted by atomic mass is 16.7. The number of fused-ring (bicyclic) bond motifs is 2. The average Bonchev–Trinajstić information content (AvgIpc) is 3.72. The molecular weight excluding hydrogens is 500 g/mol. The van der Waals surface area contributed by atoms with Crippen molar-refractivity contribution in [3.63, 3.8) is 0 Å². The molecule has 2 N–H and O–H groups in total. The number of amides is 1. The van der Waals surface area contributed by atoms with Crippen molar-refractivity contribution >= 4 is 34.3 Å². The molecule has 2 aromatic carbocycles. The van der Waals surface area contributed by atoms with Crippen LogP contribution in [0.5, 0.6) is 11.5 Å². The number of carbonyl (C=O) groups excluding carboxylic acids is 2. The van der Waals surface area contributed by atoms with E-state index in [1.807, 2.05) is 54.6 Å². The van der Waals surface area contributed by atoms with E-state index < -0.39 is 5.97 Å². The molecule has 1 amide bonds. The van der Waals surface area contributed by atoms with Gasteiger partial charge in [0.15, 0.2) is 17.2 Å². The van der Waals surface area contributed by atoms with Crippen molar-refractivity contribution in [2.75, 3.05) is 37.8 Å². The number of ether oxygens (including phenoxy) is 4. The molecular formula is C29H28N4O6. The number of nitrogens with one attached hydrogen (secondary N) is 2. The van der Waals surface area contributed by atoms with E-state index in [-0.39, 0.29) is 24.3 Å². The molecule has 39 heavy (non-hydrogen) atoms. The van der Waals surface area contributed by atoms with Gasteiger partial charge in [-0.05, 0) is 35.7 Å². The van der Waals surface area contributed by atoms with E-state index in [4.69, 9.17) is 23.9 Å². The highest BCUT2D eigenvalue weighted by molar-refractivity contribution is 6.11. The molecule has 4 heterocycles. The number of hydrogen-bond donors (Lipinski definition) is 2. The summed E-state index contributed by atoms with van der Waals surface area (Å²) in [5.41, 5.74) is 3.89. The summed E-state index contributed by atoms with van der Waals surface area (Å²) in [7, 11) is 1.33. The van der Waals surface area contributed by atoms with Gasteiger partial charge in [0.2, 0.25) is 12.7 Å². The molecule has 1 atom stereocenters. The van der Waals surface area contributed by atoms with Crippen LogP contribution in [0.4, 0.5) is 11.4 Å². The lowest BCUT2D eigenvalue weighted by Crippen LogP contribution is -2.24. The van der Waals surface area contributed by atoms with Crippen molar-refractivity contribution in [3.05, 3.63) is 77.6 Å². The van der Waals surface area contributed by atoms with Crippen molar-refractivity contribution in [1.29, 1.82) is 0 Å². The zero-order valence-electron chi connectivity index (χ0n) is 21.4. The number of anilines is 2. The second-order valence-electron chi connectivity index (χ2n) is 9.47. The van der Waals surface area contributed by atoms with Gasteiger partial charge in [0.25, 0.3) is 0 Å². The topological polar surface area (TPSA) is 113 Å². The predicted molar refractivity (Wildman–Crippen MR) is 144 cm³/mol. The standard InChI is InChI=1S/C29H28N4O6/c1-36-29(35)26-25(32-28(34)20-9-10-37-16-20)22-12-21(30-13-19-7-8-23-24(11-19)39-17-38-23)14-31-27(22)33(26)15-18-5-3-2-4-6-18/h2-8,11-12,14,20,30H,9-10,13,15-17H2,1H3,(H,32,34). The van der Waals surface area contributed by atoms with Crippen LogP contribution in [0.25, 0.3) is 11.0 Å². The van der Waals surface area contributed by atoms with Gasteiger partial charge in [-0.1, -0.05) is 36.4 Å². The van der Waals surface area contributed by atoms with Crippen molar-refractivity contribution in [2.24, 2.45) is 5.92 Å². The summed E-state index contributed by atoms with van der Waals surface area (Å²) in [6.07, 6.45) is 2.34. The van der Waals surface area contributed by atoms with Gasteiger partial charge in [-0.2, -0.15) is 0 Å². The molecule has 0 aliphatic carbocycles. The molecule has 2 aromatic heterocycles. The van der Waals surface area contributed by atoms with Crippen molar-refractivity contribution < 1.29 is 28.5 Å². The number of carbonyl (C=O) groups is 2. The summed E-state index contributed by atoms with van der Waals surface area (Å²) in [6.45, 7) is 1.99. The van der Waals surface area contributed by atoms with E-state index in [1.165, 1.54) is 7.11 Å². The fourth-order valence-corrected chi connectivity index (χ4v) is 4.90. The summed E-state index contributed by atoms with van der Waals surface area (Å²) < 4.78 is 23.2. The van der Waals surface area contributed by atoms with Gasteiger partial charge in [-0.3, -0.25) is 4.79 Å². The maximum absolute atomic E-state index is 13.2. The number of methoxy groups -OCH3 is 1. The molecule has 1 saturated heterocycles. The summed E-state index contributed by atoms with van der Waals surface area (Å²) in [5.74, 6) is 0.393. The quantitative estimate of drug-likeness (QED) is 0.328. The van der Waals surface area contributed by atoms with Crippen LogP contribution in [-0.4, -0.2) is 48.5 Å². The monoisotopic (exact) mass is 528 g/mol. The smallest absolute Gasteiger partial charge is 0.356 e. The molecule has 10 heteroatoms. The summed E-state index contributed by atoms with van der Waals surface area (Å²) in [6, 6.07) is 17.4. The molecule has 6 rings (SSSR count). The van der Waals surface area contributed by atoms with E-state index in [9.17, 15) is 9.59 Å². The first-order chi connectivity index (χ1) is 19.1. The number of rotatable bonds is 8. The molecule has 1 unspecified atom stereocenters. The summed E-state index contributed by atoms with van der Waals surface area (Å²) in [5, 5.41) is 7.03. The van der Waals surface area contributed by atoms with Gasteiger partial charge in [-0.25, -0.2) is 9.78 Å². The maximum Gasteiger partial charge on any atom is 0.356 e. The fourth-order valence-electron chi connectivity index (χ4n) is 4.90. The van der Waals surface area contributed by atoms with Crippen LogP contribution in [0, 0.1) is 5.92 Å². The Bertz CT molecular complexity index is 1530. The third kappa shape index (κ3) is 4.98. The maximum atomic E-state index is 13.2. The number of esters is 1. The number of pyridine rings is 1. The SMILES string of the molecule is COC(=O)c1c(NC(=O)C2CCOC2)c2cc(NCc3ccc4c(c3)OCO4)cnc2n1Cc1ccccc1. The van der Waals surface area contributed by atoms with E-state index in [2.05, 4.69) is 10.6 Å². The molecule has 10 nitrogen and oxygen atoms in total. The molecule has 0 radical (unpaired) electrons. The van der Waals surface area contributed by atoms with Crippen LogP contribution in [0.2, 0.25) is 0 Å². The Morgan fingerprint density at radius 2 is 1.92 bits per heavy atom. The average molecular weight is 529 g/mol. The Kier molecular flexibility index (Phi) is 6.76. The minimum Gasteiger partial charge on any atom is -0.464 e. The highest BCUT2D eigenvalue weighted by Gasteiger charge is 2.30. The minimum atomic E-state index is -0.559. The number of aromatic nitrogens is 2. The lowest BCUT2D eigenvalue weighted by molar-refractivity contribution is -0.119. The van der Waals surface area contributed by atoms with E-state index in [0.717, 1.165) is 22.6 Å². The molecule has 4 aromatic rings. The minimum absolute atomic E-state index is 0.199. The Morgan fingerprint density at radius 1 is 1.08 bits per heavy atom. The van der Waals surface area contributed by atoms with Crippen molar-refractivity contribution in [1.82, 2.24) is 9.55 Å². The van der Waals surface area contributed by atoms with E-state index in [1.54, 1.807) is 10.8 Å². The summed E-state index contributed by atoms with van der Waals surface area (Å²) in [4.78, 5) is 31.0. The molecule has 0 saturated carbocycles. The molecule has 0 bridgehead atoms. The van der Waals surface area contributed by atoms with Crippen LogP contribution < -0.4 is 20.1 Å². The first kappa shape index (κ1) is 24.7. The van der Waals surface area contributed by atoms with Gasteiger partial charge in [-0.15, -0.1) is 0 Å². The molecule has 2 aliphatic heterocycles. The van der Waals surface area contributed by atoms with Gasteiger partial charge in [0.1, 0.15) is 5.65 Å². The molecule has 2 aliphatic rings. The lowest BCUT2D eigenvalue weighted by Gasteiger charge is -2.12. The first-order valence-electron chi connectivity index (χ1n) is 12.8. The number of benzene rings is 2. The fraction of sp³-hybridized carbons (Fsp3) is 0.276. The second kappa shape index (κ2) is 10.7. The summed E-state index contributed by atoms with van der Waals surface area (Å²) >= 11 is 0. The Morgan fingerprint density at radius 3 is 2.72 bits per heavy atom. The van der Waals surface area contributed by atoms with Crippen molar-refractivity contribution in [2.45, 2.75) is 19.5 Å². The number of hydrogen-bond acceptors (Lipinski definition) is 8. The predicted octanol–water partition coefficient (Wildman–Crippen LogP) is 4.19. The zero-order chi connectivity index (χ0) is 26.8. The Balaban J connectivity index is 1.38. The Labute approximate surface area is 224 Å². The zero-order valence-corrected chi connectivity index (χ0v) is 21.4. The third-order valence-electron chi connectivity index (χ3n) is 6.94. The molecule has 200 valence electrons. The van der Waals surface area contributed by atoms with Crippen LogP contribution in [0.1, 0.15) is 28.0 Å². The van der Waals surface area contributed by atoms with Gasteiger partial charge in [0.05, 0.1) is 37.2 Å². The van der Waals surface area contributed by atoms with Crippen LogP contribution in [0.15, 0.2) is 60.8 Å². The van der Waals surface area contributed by atoms with E-state index >= 15 is 0 Å². The second-order valence-corrected chi connectivity index (χ2v) is 9.47. The van der Waals surface area contributed by atoms with Crippen LogP contribution >= 0.6 is 0 Å². The van der Waals surface area contributed by atoms with Gasteiger partial charge < -0.3 is 34.1 Å². The first-order valence-corrected chi connectivity index (χ1v) is 12.8. The van der Waals surface area contributed by atoms with Gasteiger partial charge >= 0.3 is 5.97 Å². The lowest BCUT2D eigenvalue weighted by atomic mass is 10.1. The van der Waals surface area contributed by atoms with Crippen LogP contribution in [0.3, 0.4) is 0 Å².